The molecule has 0 radical (unpaired) electrons. The van der Waals surface area contributed by atoms with E-state index in [-0.39, 0.29) is 0 Å². The number of fused-ring (bicyclic) bond motifs is 1. The lowest BCUT2D eigenvalue weighted by Crippen LogP contribution is -2.39. The molecule has 1 heteroatoms. The molecule has 0 aliphatic heterocycles. The monoisotopic (exact) mass is 319 g/mol. The van der Waals surface area contributed by atoms with Crippen LogP contribution in [-0.2, 0) is 0 Å². The third-order valence-electron chi connectivity index (χ3n) is 8.63. The van der Waals surface area contributed by atoms with E-state index >= 15 is 0 Å². The molecule has 8 atom stereocenters. The molecule has 0 saturated heterocycles. The Bertz CT molecular complexity index is 391. The minimum absolute atomic E-state index is 0.501. The number of hydrogen-bond acceptors (Lipinski definition) is 1. The maximum Gasteiger partial charge on any atom is 0.00444 e. The van der Waals surface area contributed by atoms with Crippen LogP contribution in [0.2, 0.25) is 0 Å². The lowest BCUT2D eigenvalue weighted by Gasteiger charge is -2.47. The van der Waals surface area contributed by atoms with Crippen LogP contribution >= 0.6 is 0 Å². The van der Waals surface area contributed by atoms with Gasteiger partial charge in [0, 0.05) is 6.04 Å². The van der Waals surface area contributed by atoms with Crippen molar-refractivity contribution in [3.05, 3.63) is 0 Å². The highest BCUT2D eigenvalue weighted by atomic mass is 14.7. The van der Waals surface area contributed by atoms with Crippen LogP contribution in [0, 0.1) is 40.9 Å². The molecule has 23 heavy (non-hydrogen) atoms. The fourth-order valence-corrected chi connectivity index (χ4v) is 7.19. The molecular weight excluding hydrogens is 278 g/mol. The first kappa shape index (κ1) is 17.8. The van der Waals surface area contributed by atoms with Crippen molar-refractivity contribution in [1.82, 2.24) is 0 Å². The van der Waals surface area contributed by atoms with Gasteiger partial charge in [0.1, 0.15) is 0 Å². The first-order chi connectivity index (χ1) is 11.0. The minimum Gasteiger partial charge on any atom is -0.328 e. The van der Waals surface area contributed by atoms with Crippen LogP contribution in [-0.4, -0.2) is 6.04 Å². The van der Waals surface area contributed by atoms with E-state index in [1.807, 2.05) is 0 Å². The van der Waals surface area contributed by atoms with Gasteiger partial charge in [-0.3, -0.25) is 0 Å². The van der Waals surface area contributed by atoms with Crippen LogP contribution in [0.1, 0.15) is 91.9 Å². The van der Waals surface area contributed by atoms with Gasteiger partial charge < -0.3 is 5.73 Å². The Morgan fingerprint density at radius 2 is 1.87 bits per heavy atom. The molecule has 0 spiro atoms. The van der Waals surface area contributed by atoms with Crippen LogP contribution in [0.15, 0.2) is 0 Å². The molecule has 3 saturated carbocycles. The second kappa shape index (κ2) is 7.06. The van der Waals surface area contributed by atoms with Gasteiger partial charge in [-0.05, 0) is 85.9 Å². The van der Waals surface area contributed by atoms with Crippen molar-refractivity contribution in [3.8, 4) is 0 Å². The van der Waals surface area contributed by atoms with Gasteiger partial charge in [0.2, 0.25) is 0 Å². The van der Waals surface area contributed by atoms with Gasteiger partial charge in [-0.1, -0.05) is 47.0 Å². The Hall–Kier alpha value is -0.0400. The van der Waals surface area contributed by atoms with Crippen LogP contribution in [0.3, 0.4) is 0 Å². The lowest BCUT2D eigenvalue weighted by atomic mass is 9.58. The van der Waals surface area contributed by atoms with Gasteiger partial charge in [0.15, 0.2) is 0 Å². The summed E-state index contributed by atoms with van der Waals surface area (Å²) in [5.74, 6) is 5.83. The summed E-state index contributed by atoms with van der Waals surface area (Å²) in [6.45, 7) is 9.91. The Balaban J connectivity index is 1.67. The van der Waals surface area contributed by atoms with Crippen molar-refractivity contribution < 1.29 is 0 Å². The van der Waals surface area contributed by atoms with E-state index in [9.17, 15) is 0 Å². The molecule has 0 aromatic rings. The summed E-state index contributed by atoms with van der Waals surface area (Å²) >= 11 is 0. The summed E-state index contributed by atoms with van der Waals surface area (Å²) in [4.78, 5) is 0. The van der Waals surface area contributed by atoms with Crippen molar-refractivity contribution in [2.24, 2.45) is 46.7 Å². The van der Waals surface area contributed by atoms with Crippen LogP contribution < -0.4 is 5.73 Å². The largest absolute Gasteiger partial charge is 0.328 e. The number of nitrogens with two attached hydrogens (primary N) is 1. The fraction of sp³-hybridized carbons (Fsp3) is 1.00. The van der Waals surface area contributed by atoms with E-state index in [1.165, 1.54) is 64.2 Å². The van der Waals surface area contributed by atoms with Gasteiger partial charge in [-0.15, -0.1) is 0 Å². The van der Waals surface area contributed by atoms with Gasteiger partial charge in [-0.25, -0.2) is 0 Å². The summed E-state index contributed by atoms with van der Waals surface area (Å²) in [5, 5.41) is 0. The molecule has 3 aliphatic rings. The third-order valence-corrected chi connectivity index (χ3v) is 8.63. The summed E-state index contributed by atoms with van der Waals surface area (Å²) in [6.07, 6.45) is 14.3. The molecule has 2 N–H and O–H groups in total. The Morgan fingerprint density at radius 1 is 1.09 bits per heavy atom. The van der Waals surface area contributed by atoms with E-state index in [2.05, 4.69) is 27.7 Å². The number of rotatable bonds is 5. The molecule has 0 heterocycles. The smallest absolute Gasteiger partial charge is 0.00444 e. The van der Waals surface area contributed by atoms with E-state index in [4.69, 9.17) is 5.73 Å². The molecule has 8 unspecified atom stereocenters. The van der Waals surface area contributed by atoms with Crippen molar-refractivity contribution in [3.63, 3.8) is 0 Å². The van der Waals surface area contributed by atoms with E-state index in [0.29, 0.717) is 11.5 Å². The van der Waals surface area contributed by atoms with Gasteiger partial charge in [0.25, 0.3) is 0 Å². The average Bonchev–Trinajstić information content (AvgIpc) is 3.06. The number of hydrogen-bond donors (Lipinski definition) is 1. The second-order valence-electron chi connectivity index (χ2n) is 9.75. The highest BCUT2D eigenvalue weighted by Gasteiger charge is 2.52. The Labute approximate surface area is 145 Å². The predicted molar refractivity (Wildman–Crippen MR) is 100 cm³/mol. The zero-order chi connectivity index (χ0) is 16.6. The molecule has 3 rings (SSSR count). The normalized spacial score (nSPS) is 48.4. The SMILES string of the molecule is CCCC1CC(N)CC1C1CCC2(C)C(CCC2C(C)CC)C1. The van der Waals surface area contributed by atoms with Crippen molar-refractivity contribution in [2.45, 2.75) is 97.9 Å². The molecular formula is C22H41N. The van der Waals surface area contributed by atoms with Crippen molar-refractivity contribution >= 4 is 0 Å². The van der Waals surface area contributed by atoms with Crippen molar-refractivity contribution in [2.75, 3.05) is 0 Å². The maximum atomic E-state index is 6.37. The zero-order valence-electron chi connectivity index (χ0n) is 16.2. The van der Waals surface area contributed by atoms with Crippen molar-refractivity contribution in [1.29, 1.82) is 0 Å². The highest BCUT2D eigenvalue weighted by molar-refractivity contribution is 5.02. The molecule has 0 aromatic carbocycles. The van der Waals surface area contributed by atoms with E-state index in [1.54, 1.807) is 0 Å². The van der Waals surface area contributed by atoms with E-state index in [0.717, 1.165) is 35.5 Å². The molecule has 0 amide bonds. The maximum absolute atomic E-state index is 6.37. The summed E-state index contributed by atoms with van der Waals surface area (Å²) in [7, 11) is 0. The summed E-state index contributed by atoms with van der Waals surface area (Å²) in [6, 6.07) is 0.501. The standard InChI is InChI=1S/C22H41N/c1-5-7-16-13-19(23)14-20(16)17-10-11-22(4)18(12-17)8-9-21(22)15(3)6-2/h15-21H,5-14,23H2,1-4H3. The van der Waals surface area contributed by atoms with Gasteiger partial charge in [0.05, 0.1) is 0 Å². The molecule has 1 nitrogen and oxygen atoms in total. The van der Waals surface area contributed by atoms with Gasteiger partial charge >= 0.3 is 0 Å². The average molecular weight is 320 g/mol. The second-order valence-corrected chi connectivity index (χ2v) is 9.75. The fourth-order valence-electron chi connectivity index (χ4n) is 7.19. The first-order valence-electron chi connectivity index (χ1n) is 10.7. The van der Waals surface area contributed by atoms with Crippen LogP contribution in [0.5, 0.6) is 0 Å². The third kappa shape index (κ3) is 3.24. The molecule has 3 fully saturated rings. The van der Waals surface area contributed by atoms with Crippen LogP contribution in [0.4, 0.5) is 0 Å². The highest BCUT2D eigenvalue weighted by Crippen LogP contribution is 2.61. The zero-order valence-corrected chi connectivity index (χ0v) is 16.2. The molecule has 134 valence electrons. The van der Waals surface area contributed by atoms with E-state index < -0.39 is 0 Å². The minimum atomic E-state index is 0.501. The first-order valence-corrected chi connectivity index (χ1v) is 10.7. The molecule has 0 aromatic heterocycles. The topological polar surface area (TPSA) is 26.0 Å². The Kier molecular flexibility index (Phi) is 5.46. The quantitative estimate of drug-likeness (QED) is 0.659. The summed E-state index contributed by atoms with van der Waals surface area (Å²) < 4.78 is 0. The summed E-state index contributed by atoms with van der Waals surface area (Å²) in [5.41, 5.74) is 7.02. The van der Waals surface area contributed by atoms with Crippen LogP contribution in [0.25, 0.3) is 0 Å². The van der Waals surface area contributed by atoms with Gasteiger partial charge in [-0.2, -0.15) is 0 Å². The lowest BCUT2D eigenvalue weighted by molar-refractivity contribution is 0.0222. The molecule has 3 aliphatic carbocycles. The predicted octanol–water partition coefficient (Wildman–Crippen LogP) is 6.02. The molecule has 0 bridgehead atoms. The Morgan fingerprint density at radius 3 is 2.57 bits per heavy atom.